The van der Waals surface area contributed by atoms with Crippen LogP contribution in [0.3, 0.4) is 0 Å². The van der Waals surface area contributed by atoms with Gasteiger partial charge >= 0.3 is 0 Å². The highest BCUT2D eigenvalue weighted by atomic mass is 16.1. The molecule has 0 fully saturated rings. The summed E-state index contributed by atoms with van der Waals surface area (Å²) in [4.78, 5) is 22.6. The molecule has 19 heavy (non-hydrogen) atoms. The normalized spacial score (nSPS) is 10.2. The van der Waals surface area contributed by atoms with Crippen molar-refractivity contribution in [2.75, 3.05) is 0 Å². The summed E-state index contributed by atoms with van der Waals surface area (Å²) in [6, 6.07) is 15.0. The van der Waals surface area contributed by atoms with E-state index in [1.54, 1.807) is 24.3 Å². The molecule has 0 amide bonds. The first-order valence-electron chi connectivity index (χ1n) is 6.33. The molecule has 0 unspecified atom stereocenters. The third-order valence-electron chi connectivity index (χ3n) is 3.09. The van der Waals surface area contributed by atoms with E-state index in [2.05, 4.69) is 6.07 Å². The first kappa shape index (κ1) is 13.2. The fraction of sp³-hybridized carbons (Fsp3) is 0.176. The minimum absolute atomic E-state index is 0.110. The molecule has 0 N–H and O–H groups in total. The molecule has 2 nitrogen and oxygen atoms in total. The summed E-state index contributed by atoms with van der Waals surface area (Å²) in [5, 5.41) is 0. The van der Waals surface area contributed by atoms with Gasteiger partial charge < -0.3 is 0 Å². The Kier molecular flexibility index (Phi) is 4.24. The van der Waals surface area contributed by atoms with E-state index in [4.69, 9.17) is 0 Å². The lowest BCUT2D eigenvalue weighted by molar-refractivity contribution is 0.0982. The van der Waals surface area contributed by atoms with E-state index in [0.717, 1.165) is 12.7 Å². The Morgan fingerprint density at radius 1 is 1.11 bits per heavy atom. The van der Waals surface area contributed by atoms with Crippen LogP contribution in [0.1, 0.15) is 38.3 Å². The van der Waals surface area contributed by atoms with Gasteiger partial charge in [0.15, 0.2) is 5.78 Å². The highest BCUT2D eigenvalue weighted by molar-refractivity contribution is 5.96. The van der Waals surface area contributed by atoms with Crippen molar-refractivity contribution >= 4 is 12.1 Å². The number of benzene rings is 2. The zero-order valence-corrected chi connectivity index (χ0v) is 10.9. The van der Waals surface area contributed by atoms with E-state index in [-0.39, 0.29) is 5.78 Å². The Labute approximate surface area is 113 Å². The number of hydrogen-bond acceptors (Lipinski definition) is 2. The van der Waals surface area contributed by atoms with Crippen LogP contribution in [-0.2, 0) is 6.42 Å². The van der Waals surface area contributed by atoms with Crippen LogP contribution in [0.2, 0.25) is 0 Å². The second-order valence-corrected chi connectivity index (χ2v) is 4.65. The summed E-state index contributed by atoms with van der Waals surface area (Å²) in [5.74, 6) is 0.110. The molecule has 2 heteroatoms. The number of aldehydes is 1. The Morgan fingerprint density at radius 3 is 2.47 bits per heavy atom. The lowest BCUT2D eigenvalue weighted by atomic mass is 10.0. The minimum Gasteiger partial charge on any atom is -0.298 e. The number of rotatable bonds is 5. The fourth-order valence-corrected chi connectivity index (χ4v) is 2.02. The van der Waals surface area contributed by atoms with E-state index >= 15 is 0 Å². The van der Waals surface area contributed by atoms with Crippen LogP contribution in [0, 0.1) is 6.92 Å². The van der Waals surface area contributed by atoms with Crippen LogP contribution in [-0.4, -0.2) is 12.1 Å². The van der Waals surface area contributed by atoms with Crippen LogP contribution in [0.25, 0.3) is 0 Å². The molecule has 0 bridgehead atoms. The Balaban J connectivity index is 1.99. The maximum absolute atomic E-state index is 12.0. The smallest absolute Gasteiger partial charge is 0.163 e. The predicted molar refractivity (Wildman–Crippen MR) is 75.7 cm³/mol. The van der Waals surface area contributed by atoms with Gasteiger partial charge in [-0.15, -0.1) is 0 Å². The van der Waals surface area contributed by atoms with Gasteiger partial charge in [0.05, 0.1) is 0 Å². The quantitative estimate of drug-likeness (QED) is 0.601. The number of Topliss-reactive ketones (excluding diaryl/α,β-unsaturated/α-hetero) is 1. The average molecular weight is 252 g/mol. The number of carbonyl (C=O) groups is 2. The van der Waals surface area contributed by atoms with Gasteiger partial charge in [0.2, 0.25) is 0 Å². The maximum atomic E-state index is 12.0. The van der Waals surface area contributed by atoms with Crippen LogP contribution >= 0.6 is 0 Å². The van der Waals surface area contributed by atoms with Crippen LogP contribution in [0.5, 0.6) is 0 Å². The molecular weight excluding hydrogens is 236 g/mol. The zero-order valence-electron chi connectivity index (χ0n) is 10.9. The molecule has 0 radical (unpaired) electrons. The number of aryl methyl sites for hydroxylation is 2. The van der Waals surface area contributed by atoms with Crippen molar-refractivity contribution in [1.29, 1.82) is 0 Å². The monoisotopic (exact) mass is 252 g/mol. The SMILES string of the molecule is Cc1cccc(CCC(=O)c2ccc(C=O)cc2)c1. The molecule has 0 atom stereocenters. The second kappa shape index (κ2) is 6.10. The largest absolute Gasteiger partial charge is 0.298 e. The minimum atomic E-state index is 0.110. The van der Waals surface area contributed by atoms with Gasteiger partial charge in [-0.1, -0.05) is 54.1 Å². The molecule has 2 aromatic rings. The molecule has 2 aromatic carbocycles. The van der Waals surface area contributed by atoms with E-state index in [9.17, 15) is 9.59 Å². The molecular formula is C17H16O2. The number of hydrogen-bond donors (Lipinski definition) is 0. The van der Waals surface area contributed by atoms with E-state index < -0.39 is 0 Å². The van der Waals surface area contributed by atoms with Crippen molar-refractivity contribution in [2.24, 2.45) is 0 Å². The summed E-state index contributed by atoms with van der Waals surface area (Å²) in [6.45, 7) is 2.05. The molecule has 0 aliphatic rings. The maximum Gasteiger partial charge on any atom is 0.163 e. The van der Waals surface area contributed by atoms with Crippen molar-refractivity contribution in [3.63, 3.8) is 0 Å². The van der Waals surface area contributed by atoms with Gasteiger partial charge in [-0.05, 0) is 18.9 Å². The fourth-order valence-electron chi connectivity index (χ4n) is 2.02. The average Bonchev–Trinajstić information content (AvgIpc) is 2.45. The molecule has 2 rings (SSSR count). The summed E-state index contributed by atoms with van der Waals surface area (Å²) >= 11 is 0. The van der Waals surface area contributed by atoms with E-state index in [1.807, 2.05) is 25.1 Å². The lowest BCUT2D eigenvalue weighted by Gasteiger charge is -2.03. The highest BCUT2D eigenvalue weighted by Gasteiger charge is 2.06. The zero-order chi connectivity index (χ0) is 13.7. The summed E-state index contributed by atoms with van der Waals surface area (Å²) < 4.78 is 0. The van der Waals surface area contributed by atoms with E-state index in [0.29, 0.717) is 17.5 Å². The summed E-state index contributed by atoms with van der Waals surface area (Å²) in [7, 11) is 0. The second-order valence-electron chi connectivity index (χ2n) is 4.65. The topological polar surface area (TPSA) is 34.1 Å². The third kappa shape index (κ3) is 3.62. The van der Waals surface area contributed by atoms with Gasteiger partial charge in [-0.25, -0.2) is 0 Å². The summed E-state index contributed by atoms with van der Waals surface area (Å²) in [5.41, 5.74) is 3.65. The van der Waals surface area contributed by atoms with Crippen molar-refractivity contribution in [3.8, 4) is 0 Å². The first-order valence-corrected chi connectivity index (χ1v) is 6.33. The van der Waals surface area contributed by atoms with Crippen LogP contribution in [0.4, 0.5) is 0 Å². The Bertz CT molecular complexity index is 582. The molecule has 0 heterocycles. The standard InChI is InChI=1S/C17H16O2/c1-13-3-2-4-14(11-13)7-10-17(19)16-8-5-15(12-18)6-9-16/h2-6,8-9,11-12H,7,10H2,1H3. The van der Waals surface area contributed by atoms with Crippen molar-refractivity contribution in [3.05, 3.63) is 70.8 Å². The number of ketones is 1. The van der Waals surface area contributed by atoms with E-state index in [1.165, 1.54) is 11.1 Å². The van der Waals surface area contributed by atoms with Crippen molar-refractivity contribution in [1.82, 2.24) is 0 Å². The molecule has 0 aliphatic carbocycles. The molecule has 96 valence electrons. The van der Waals surface area contributed by atoms with Crippen molar-refractivity contribution < 1.29 is 9.59 Å². The molecule has 0 saturated heterocycles. The Hall–Kier alpha value is -2.22. The van der Waals surface area contributed by atoms with Gasteiger partial charge in [0.25, 0.3) is 0 Å². The molecule has 0 aromatic heterocycles. The summed E-state index contributed by atoms with van der Waals surface area (Å²) in [6.07, 6.45) is 2.01. The van der Waals surface area contributed by atoms with Crippen LogP contribution < -0.4 is 0 Å². The van der Waals surface area contributed by atoms with Gasteiger partial charge in [0.1, 0.15) is 6.29 Å². The van der Waals surface area contributed by atoms with Gasteiger partial charge in [-0.2, -0.15) is 0 Å². The Morgan fingerprint density at radius 2 is 1.84 bits per heavy atom. The van der Waals surface area contributed by atoms with Gasteiger partial charge in [0, 0.05) is 17.5 Å². The molecule has 0 aliphatic heterocycles. The molecule has 0 spiro atoms. The van der Waals surface area contributed by atoms with Gasteiger partial charge in [-0.3, -0.25) is 9.59 Å². The van der Waals surface area contributed by atoms with Crippen LogP contribution in [0.15, 0.2) is 48.5 Å². The predicted octanol–water partition coefficient (Wildman–Crippen LogP) is 3.62. The highest BCUT2D eigenvalue weighted by Crippen LogP contribution is 2.11. The lowest BCUT2D eigenvalue weighted by Crippen LogP contribution is -2.01. The van der Waals surface area contributed by atoms with Crippen molar-refractivity contribution in [2.45, 2.75) is 19.8 Å². The third-order valence-corrected chi connectivity index (χ3v) is 3.09. The number of carbonyl (C=O) groups excluding carboxylic acids is 2. The molecule has 0 saturated carbocycles. The first-order chi connectivity index (χ1) is 9.19.